The molecule has 13 heavy (non-hydrogen) atoms. The van der Waals surface area contributed by atoms with Gasteiger partial charge < -0.3 is 6.74 Å². The fourth-order valence-corrected chi connectivity index (χ4v) is 1.61. The number of ketones is 1. The summed E-state index contributed by atoms with van der Waals surface area (Å²) in [6.07, 6.45) is 0. The molecule has 0 radical (unpaired) electrons. The molecule has 2 rings (SSSR count). The summed E-state index contributed by atoms with van der Waals surface area (Å²) < 4.78 is 0.955. The first-order valence-electron chi connectivity index (χ1n) is 3.34. The summed E-state index contributed by atoms with van der Waals surface area (Å²) in [6.45, 7) is 0. The zero-order chi connectivity index (χ0) is 8.72. The summed E-state index contributed by atoms with van der Waals surface area (Å²) in [6, 6.07) is 5.29. The third kappa shape index (κ3) is 1.96. The van der Waals surface area contributed by atoms with Crippen molar-refractivity contribution in [2.24, 2.45) is 0 Å². The number of fused-ring (bicyclic) bond motifs is 1. The number of rotatable bonds is 0. The minimum Gasteiger partial charge on any atom is -1.00 e. The summed E-state index contributed by atoms with van der Waals surface area (Å²) >= 11 is 2.10. The average molecular weight is 297 g/mol. The number of carbonyl (C=O) groups is 2. The van der Waals surface area contributed by atoms with Gasteiger partial charge in [-0.2, -0.15) is 0 Å². The van der Waals surface area contributed by atoms with Crippen LogP contribution < -0.4 is 34.9 Å². The average Bonchev–Trinajstić information content (AvgIpc) is 2.31. The predicted molar refractivity (Wildman–Crippen MR) is 53.2 cm³/mol. The summed E-state index contributed by atoms with van der Waals surface area (Å²) in [7, 11) is 0. The third-order valence-corrected chi connectivity index (χ3v) is 2.35. The topological polar surface area (TPSA) is 46.2 Å². The van der Waals surface area contributed by atoms with Gasteiger partial charge in [0.15, 0.2) is 0 Å². The smallest absolute Gasteiger partial charge is 1.00 e. The van der Waals surface area contributed by atoms with Crippen LogP contribution in [0.2, 0.25) is 0 Å². The van der Waals surface area contributed by atoms with E-state index in [1.54, 1.807) is 12.1 Å². The summed E-state index contributed by atoms with van der Waals surface area (Å²) in [5.74, 6) is -0.976. The van der Waals surface area contributed by atoms with Crippen molar-refractivity contribution >= 4 is 40.0 Å². The van der Waals surface area contributed by atoms with E-state index in [-0.39, 0.29) is 31.0 Å². The number of hydrogen-bond acceptors (Lipinski definition) is 2. The van der Waals surface area contributed by atoms with Crippen LogP contribution in [0.3, 0.4) is 0 Å². The summed E-state index contributed by atoms with van der Waals surface area (Å²) in [4.78, 5) is 22.0. The number of halogens is 1. The minimum absolute atomic E-state index is 0. The molecule has 1 aliphatic heterocycles. The molecule has 0 unspecified atom stereocenters. The summed E-state index contributed by atoms with van der Waals surface area (Å²) in [5, 5.41) is 2.48. The molecule has 1 aromatic rings. The van der Waals surface area contributed by atoms with Gasteiger partial charge in [-0.25, -0.2) is 0 Å². The van der Waals surface area contributed by atoms with Crippen molar-refractivity contribution in [3.8, 4) is 0 Å². The Bertz CT molecular complexity index is 397. The van der Waals surface area contributed by atoms with E-state index >= 15 is 0 Å². The Hall–Kier alpha value is 0.0900. The first-order chi connectivity index (χ1) is 5.68. The van der Waals surface area contributed by atoms with E-state index in [1.807, 2.05) is 6.07 Å². The molecule has 1 N–H and O–H groups in total. The molecule has 0 saturated heterocycles. The molecular formula is C8H5INNaO2. The van der Waals surface area contributed by atoms with E-state index in [0.717, 1.165) is 3.57 Å². The Morgan fingerprint density at radius 2 is 2.00 bits per heavy atom. The van der Waals surface area contributed by atoms with Crippen LogP contribution in [-0.2, 0) is 4.79 Å². The third-order valence-electron chi connectivity index (χ3n) is 1.68. The second-order valence-corrected chi connectivity index (χ2v) is 3.72. The van der Waals surface area contributed by atoms with Gasteiger partial charge in [0, 0.05) is 3.57 Å². The summed E-state index contributed by atoms with van der Waals surface area (Å²) in [5.41, 5.74) is 1.09. The maximum Gasteiger partial charge on any atom is 1.00 e. The molecule has 0 saturated carbocycles. The maximum absolute atomic E-state index is 11.1. The Labute approximate surface area is 112 Å². The normalized spacial score (nSPS) is 13.3. The van der Waals surface area contributed by atoms with Crippen LogP contribution in [0.1, 0.15) is 11.8 Å². The molecule has 62 valence electrons. The fourth-order valence-electron chi connectivity index (χ4n) is 1.11. The molecule has 0 atom stereocenters. The van der Waals surface area contributed by atoms with Gasteiger partial charge in [0.2, 0.25) is 0 Å². The zero-order valence-corrected chi connectivity index (χ0v) is 11.1. The van der Waals surface area contributed by atoms with Gasteiger partial charge in [-0.05, 0) is 40.8 Å². The van der Waals surface area contributed by atoms with Crippen LogP contribution in [0.15, 0.2) is 18.2 Å². The van der Waals surface area contributed by atoms with Crippen molar-refractivity contribution in [1.29, 1.82) is 0 Å². The number of Topliss-reactive ketones (excluding diaryl/α,β-unsaturated/α-hetero) is 1. The Balaban J connectivity index is 0.000000845. The number of nitrogens with one attached hydrogen (secondary N) is 1. The first kappa shape index (κ1) is 11.2. The van der Waals surface area contributed by atoms with Crippen molar-refractivity contribution in [1.82, 2.24) is 0 Å². The van der Waals surface area contributed by atoms with Gasteiger partial charge in [0.05, 0.1) is 11.3 Å². The van der Waals surface area contributed by atoms with Gasteiger partial charge in [0.1, 0.15) is 0 Å². The Morgan fingerprint density at radius 3 is 2.69 bits per heavy atom. The molecule has 5 heteroatoms. The van der Waals surface area contributed by atoms with Crippen LogP contribution in [0, 0.1) is 3.57 Å². The van der Waals surface area contributed by atoms with Crippen molar-refractivity contribution < 1.29 is 40.6 Å². The van der Waals surface area contributed by atoms with Gasteiger partial charge in [0.25, 0.3) is 11.7 Å². The molecule has 3 nitrogen and oxygen atoms in total. The zero-order valence-electron chi connectivity index (χ0n) is 7.93. The van der Waals surface area contributed by atoms with E-state index < -0.39 is 11.7 Å². The quantitative estimate of drug-likeness (QED) is 0.361. The molecule has 1 aromatic carbocycles. The first-order valence-corrected chi connectivity index (χ1v) is 4.41. The molecule has 0 bridgehead atoms. The van der Waals surface area contributed by atoms with Crippen LogP contribution in [-0.4, -0.2) is 11.7 Å². The van der Waals surface area contributed by atoms with Crippen LogP contribution >= 0.6 is 22.6 Å². The number of benzene rings is 1. The van der Waals surface area contributed by atoms with E-state index in [0.29, 0.717) is 11.3 Å². The van der Waals surface area contributed by atoms with Gasteiger partial charge >= 0.3 is 29.6 Å². The molecule has 0 aromatic heterocycles. The van der Waals surface area contributed by atoms with Crippen LogP contribution in [0.5, 0.6) is 0 Å². The van der Waals surface area contributed by atoms with E-state index in [2.05, 4.69) is 27.9 Å². The van der Waals surface area contributed by atoms with Gasteiger partial charge in [-0.3, -0.25) is 9.59 Å². The second-order valence-electron chi connectivity index (χ2n) is 2.47. The van der Waals surface area contributed by atoms with Crippen molar-refractivity contribution in [3.05, 3.63) is 27.3 Å². The molecule has 1 aliphatic rings. The van der Waals surface area contributed by atoms with Gasteiger partial charge in [-0.15, -0.1) is 0 Å². The van der Waals surface area contributed by atoms with Crippen molar-refractivity contribution in [2.45, 2.75) is 0 Å². The van der Waals surface area contributed by atoms with Gasteiger partial charge in [-0.1, -0.05) is 0 Å². The van der Waals surface area contributed by atoms with Crippen LogP contribution in [0.25, 0.3) is 0 Å². The molecule has 0 aliphatic carbocycles. The predicted octanol–water partition coefficient (Wildman–Crippen LogP) is -1.46. The Kier molecular flexibility index (Phi) is 3.50. The van der Waals surface area contributed by atoms with Crippen LogP contribution in [0.4, 0.5) is 5.69 Å². The standard InChI is InChI=1S/C8H4INO2.Na.H/c9-4-1-2-6-5(3-4)7(11)8(12)10-6;;/h1-3H,(H,10,11,12);;/q;+1;-1. The number of anilines is 1. The van der Waals surface area contributed by atoms with E-state index in [1.165, 1.54) is 0 Å². The second kappa shape index (κ2) is 4.08. The molecular weight excluding hydrogens is 292 g/mol. The Morgan fingerprint density at radius 1 is 1.31 bits per heavy atom. The monoisotopic (exact) mass is 297 g/mol. The molecule has 1 amide bonds. The van der Waals surface area contributed by atoms with Crippen molar-refractivity contribution in [2.75, 3.05) is 5.32 Å². The number of hydrogen-bond donors (Lipinski definition) is 1. The number of amides is 1. The minimum atomic E-state index is -0.535. The maximum atomic E-state index is 11.1. The van der Waals surface area contributed by atoms with Crippen molar-refractivity contribution in [3.63, 3.8) is 0 Å². The molecule has 0 spiro atoms. The fraction of sp³-hybridized carbons (Fsp3) is 0. The number of carbonyl (C=O) groups excluding carboxylic acids is 2. The SMILES string of the molecule is O=C1Nc2ccc(I)cc2C1=O.[H-].[Na+]. The van der Waals surface area contributed by atoms with E-state index in [9.17, 15) is 9.59 Å². The molecule has 1 heterocycles. The largest absolute Gasteiger partial charge is 1.00 e. The van der Waals surface area contributed by atoms with E-state index in [4.69, 9.17) is 0 Å². The molecule has 0 fully saturated rings.